The summed E-state index contributed by atoms with van der Waals surface area (Å²) >= 11 is 0. The van der Waals surface area contributed by atoms with E-state index in [4.69, 9.17) is 5.11 Å². The first-order chi connectivity index (χ1) is 8.09. The molecule has 1 aliphatic rings. The summed E-state index contributed by atoms with van der Waals surface area (Å²) in [6, 6.07) is 5.45. The zero-order valence-electron chi connectivity index (χ0n) is 8.87. The van der Waals surface area contributed by atoms with Gasteiger partial charge in [-0.05, 0) is 6.07 Å². The lowest BCUT2D eigenvalue weighted by molar-refractivity contribution is -0.141. The molecule has 1 atom stereocenters. The fourth-order valence-corrected chi connectivity index (χ4v) is 1.66. The Morgan fingerprint density at radius 1 is 1.47 bits per heavy atom. The van der Waals surface area contributed by atoms with Crippen LogP contribution in [0, 0.1) is 0 Å². The van der Waals surface area contributed by atoms with Gasteiger partial charge in [0.2, 0.25) is 0 Å². The summed E-state index contributed by atoms with van der Waals surface area (Å²) in [6.07, 6.45) is -0.680. The van der Waals surface area contributed by atoms with Gasteiger partial charge in [0.1, 0.15) is 12.4 Å². The van der Waals surface area contributed by atoms with E-state index in [0.29, 0.717) is 5.56 Å². The maximum Gasteiger partial charge on any atom is 0.411 e. The van der Waals surface area contributed by atoms with Crippen LogP contribution in [-0.2, 0) is 16.1 Å². The SMILES string of the molecule is O=C(O)C1COC(=O)N1Cc1ccccc1O. The third-order valence-corrected chi connectivity index (χ3v) is 2.59. The molecule has 1 aromatic carbocycles. The van der Waals surface area contributed by atoms with Crippen molar-refractivity contribution in [3.8, 4) is 5.75 Å². The smallest absolute Gasteiger partial charge is 0.411 e. The van der Waals surface area contributed by atoms with Crippen LogP contribution in [0.1, 0.15) is 5.56 Å². The molecule has 1 unspecified atom stereocenters. The number of phenolic OH excluding ortho intramolecular Hbond substituents is 1. The van der Waals surface area contributed by atoms with Crippen LogP contribution in [0.2, 0.25) is 0 Å². The van der Waals surface area contributed by atoms with E-state index in [1.54, 1.807) is 18.2 Å². The fraction of sp³-hybridized carbons (Fsp3) is 0.273. The van der Waals surface area contributed by atoms with Gasteiger partial charge in [0.15, 0.2) is 6.04 Å². The summed E-state index contributed by atoms with van der Waals surface area (Å²) in [7, 11) is 0. The number of hydrogen-bond acceptors (Lipinski definition) is 4. The molecule has 1 aromatic rings. The molecule has 0 bridgehead atoms. The van der Waals surface area contributed by atoms with Crippen molar-refractivity contribution < 1.29 is 24.5 Å². The number of rotatable bonds is 3. The standard InChI is InChI=1S/C11H11NO5/c13-9-4-2-1-3-7(9)5-12-8(10(14)15)6-17-11(12)16/h1-4,8,13H,5-6H2,(H,14,15). The lowest BCUT2D eigenvalue weighted by Crippen LogP contribution is -2.38. The third kappa shape index (κ3) is 2.15. The van der Waals surface area contributed by atoms with Gasteiger partial charge < -0.3 is 14.9 Å². The molecule has 2 N–H and O–H groups in total. The number of carboxylic acids is 1. The number of ether oxygens (including phenoxy) is 1. The molecule has 6 heteroatoms. The molecular formula is C11H11NO5. The summed E-state index contributed by atoms with van der Waals surface area (Å²) in [4.78, 5) is 23.3. The molecule has 0 aliphatic carbocycles. The van der Waals surface area contributed by atoms with Crippen LogP contribution in [0.15, 0.2) is 24.3 Å². The normalized spacial score (nSPS) is 19.2. The van der Waals surface area contributed by atoms with Gasteiger partial charge in [-0.1, -0.05) is 18.2 Å². The number of carboxylic acid groups (broad SMARTS) is 1. The van der Waals surface area contributed by atoms with Gasteiger partial charge in [-0.15, -0.1) is 0 Å². The maximum atomic E-state index is 11.4. The number of para-hydroxylation sites is 1. The predicted molar refractivity (Wildman–Crippen MR) is 56.4 cm³/mol. The van der Waals surface area contributed by atoms with E-state index in [1.165, 1.54) is 6.07 Å². The van der Waals surface area contributed by atoms with Gasteiger partial charge >= 0.3 is 12.1 Å². The second-order valence-electron chi connectivity index (χ2n) is 3.69. The zero-order chi connectivity index (χ0) is 12.4. The highest BCUT2D eigenvalue weighted by atomic mass is 16.6. The zero-order valence-corrected chi connectivity index (χ0v) is 8.87. The Labute approximate surface area is 97.0 Å². The summed E-state index contributed by atoms with van der Waals surface area (Å²) in [5.74, 6) is -1.09. The van der Waals surface area contributed by atoms with Gasteiger partial charge in [-0.2, -0.15) is 0 Å². The van der Waals surface area contributed by atoms with Gasteiger partial charge in [-0.3, -0.25) is 4.90 Å². The Morgan fingerprint density at radius 3 is 2.82 bits per heavy atom. The summed E-state index contributed by atoms with van der Waals surface area (Å²) in [6.45, 7) is -0.149. The highest BCUT2D eigenvalue weighted by molar-refractivity contribution is 5.82. The number of nitrogens with zero attached hydrogens (tertiary/aromatic N) is 1. The van der Waals surface area contributed by atoms with Crippen molar-refractivity contribution in [1.29, 1.82) is 0 Å². The Bertz CT molecular complexity index is 459. The molecule has 0 saturated carbocycles. The van der Waals surface area contributed by atoms with Crippen molar-refractivity contribution in [2.75, 3.05) is 6.61 Å². The van der Waals surface area contributed by atoms with E-state index in [0.717, 1.165) is 4.90 Å². The molecule has 90 valence electrons. The third-order valence-electron chi connectivity index (χ3n) is 2.59. The van der Waals surface area contributed by atoms with Crippen LogP contribution in [-0.4, -0.2) is 39.8 Å². The average Bonchev–Trinajstić information content (AvgIpc) is 2.64. The first kappa shape index (κ1) is 11.3. The second-order valence-corrected chi connectivity index (χ2v) is 3.69. The van der Waals surface area contributed by atoms with Crippen molar-refractivity contribution in [3.05, 3.63) is 29.8 Å². The molecule has 0 radical (unpaired) electrons. The monoisotopic (exact) mass is 237 g/mol. The van der Waals surface area contributed by atoms with Crippen molar-refractivity contribution in [1.82, 2.24) is 4.90 Å². The van der Waals surface area contributed by atoms with Gasteiger partial charge in [-0.25, -0.2) is 9.59 Å². The number of carbonyl (C=O) groups is 2. The number of amides is 1. The molecule has 1 amide bonds. The van der Waals surface area contributed by atoms with Crippen molar-refractivity contribution in [3.63, 3.8) is 0 Å². The summed E-state index contributed by atoms with van der Waals surface area (Å²) in [5, 5.41) is 18.5. The maximum absolute atomic E-state index is 11.4. The Hall–Kier alpha value is -2.24. The quantitative estimate of drug-likeness (QED) is 0.811. The second kappa shape index (κ2) is 4.32. The molecule has 0 aromatic heterocycles. The van der Waals surface area contributed by atoms with Crippen molar-refractivity contribution in [2.24, 2.45) is 0 Å². The number of hydrogen-bond donors (Lipinski definition) is 2. The minimum Gasteiger partial charge on any atom is -0.508 e. The van der Waals surface area contributed by atoms with Gasteiger partial charge in [0.05, 0.1) is 6.54 Å². The number of aliphatic carboxylic acids is 1. The summed E-state index contributed by atoms with van der Waals surface area (Å²) < 4.78 is 4.68. The highest BCUT2D eigenvalue weighted by Crippen LogP contribution is 2.22. The lowest BCUT2D eigenvalue weighted by Gasteiger charge is -2.18. The molecule has 2 rings (SSSR count). The molecular weight excluding hydrogens is 226 g/mol. The Kier molecular flexibility index (Phi) is 2.86. The molecule has 6 nitrogen and oxygen atoms in total. The molecule has 17 heavy (non-hydrogen) atoms. The first-order valence-electron chi connectivity index (χ1n) is 5.02. The van der Waals surface area contributed by atoms with Crippen LogP contribution < -0.4 is 0 Å². The highest BCUT2D eigenvalue weighted by Gasteiger charge is 2.38. The lowest BCUT2D eigenvalue weighted by atomic mass is 10.1. The number of carbonyl (C=O) groups excluding carboxylic acids is 1. The van der Waals surface area contributed by atoms with E-state index in [2.05, 4.69) is 4.74 Å². The van der Waals surface area contributed by atoms with E-state index in [-0.39, 0.29) is 18.9 Å². The first-order valence-corrected chi connectivity index (χ1v) is 5.02. The van der Waals surface area contributed by atoms with Crippen molar-refractivity contribution in [2.45, 2.75) is 12.6 Å². The van der Waals surface area contributed by atoms with Gasteiger partial charge in [0, 0.05) is 5.56 Å². The predicted octanol–water partition coefficient (Wildman–Crippen LogP) is 0.798. The Morgan fingerprint density at radius 2 is 2.18 bits per heavy atom. The van der Waals surface area contributed by atoms with Gasteiger partial charge in [0.25, 0.3) is 0 Å². The number of benzene rings is 1. The van der Waals surface area contributed by atoms with Crippen molar-refractivity contribution >= 4 is 12.1 Å². The molecule has 1 heterocycles. The molecule has 0 spiro atoms. The molecule has 1 fully saturated rings. The van der Waals surface area contributed by atoms with E-state index in [1.807, 2.05) is 0 Å². The largest absolute Gasteiger partial charge is 0.508 e. The van der Waals surface area contributed by atoms with E-state index < -0.39 is 18.1 Å². The van der Waals surface area contributed by atoms with Crippen LogP contribution in [0.25, 0.3) is 0 Å². The summed E-state index contributed by atoms with van der Waals surface area (Å²) in [5.41, 5.74) is 0.484. The molecule has 1 aliphatic heterocycles. The van der Waals surface area contributed by atoms with Crippen LogP contribution in [0.3, 0.4) is 0 Å². The topological polar surface area (TPSA) is 87.1 Å². The number of cyclic esters (lactones) is 1. The van der Waals surface area contributed by atoms with E-state index in [9.17, 15) is 14.7 Å². The minimum absolute atomic E-state index is 0.0163. The molecule has 1 saturated heterocycles. The van der Waals surface area contributed by atoms with Crippen LogP contribution >= 0.6 is 0 Å². The fourth-order valence-electron chi connectivity index (χ4n) is 1.66. The average molecular weight is 237 g/mol. The van der Waals surface area contributed by atoms with Crippen LogP contribution in [0.5, 0.6) is 5.75 Å². The minimum atomic E-state index is -1.12. The van der Waals surface area contributed by atoms with Crippen LogP contribution in [0.4, 0.5) is 4.79 Å². The van der Waals surface area contributed by atoms with E-state index >= 15 is 0 Å². The number of aromatic hydroxyl groups is 1. The Balaban J connectivity index is 2.19. The number of phenols is 1.